The molecule has 7 nitrogen and oxygen atoms in total. The molecule has 22 heavy (non-hydrogen) atoms. The van der Waals surface area contributed by atoms with Gasteiger partial charge in [0.2, 0.25) is 15.9 Å². The van der Waals surface area contributed by atoms with Gasteiger partial charge in [0.05, 0.1) is 28.3 Å². The molecule has 0 aliphatic carbocycles. The molecule has 1 saturated heterocycles. The van der Waals surface area contributed by atoms with Gasteiger partial charge in [0.25, 0.3) is 0 Å². The molecule has 9 heteroatoms. The first kappa shape index (κ1) is 15.3. The highest BCUT2D eigenvalue weighted by molar-refractivity contribution is 7.89. The summed E-state index contributed by atoms with van der Waals surface area (Å²) in [5.41, 5.74) is 0.662. The van der Waals surface area contributed by atoms with E-state index in [1.54, 1.807) is 18.2 Å². The van der Waals surface area contributed by atoms with E-state index in [4.69, 9.17) is 4.74 Å². The molecule has 1 amide bonds. The second kappa shape index (κ2) is 5.92. The Morgan fingerprint density at radius 3 is 2.77 bits per heavy atom. The summed E-state index contributed by atoms with van der Waals surface area (Å²) in [6, 6.07) is 4.80. The van der Waals surface area contributed by atoms with Gasteiger partial charge < -0.3 is 10.1 Å². The number of sulfonamides is 1. The second-order valence-corrected chi connectivity index (χ2v) is 7.81. The van der Waals surface area contributed by atoms with Gasteiger partial charge in [-0.15, -0.1) is 0 Å². The summed E-state index contributed by atoms with van der Waals surface area (Å²) in [6.07, 6.45) is 0. The number of hydrogen-bond acceptors (Lipinski definition) is 6. The van der Waals surface area contributed by atoms with E-state index in [9.17, 15) is 13.2 Å². The van der Waals surface area contributed by atoms with Crippen LogP contribution in [0.1, 0.15) is 6.92 Å². The molecule has 1 aromatic carbocycles. The Kier molecular flexibility index (Phi) is 4.13. The molecule has 0 spiro atoms. The van der Waals surface area contributed by atoms with Crippen LogP contribution in [-0.2, 0) is 19.6 Å². The lowest BCUT2D eigenvalue weighted by molar-refractivity contribution is -0.114. The lowest BCUT2D eigenvalue weighted by atomic mass is 10.3. The molecular formula is C13H15N3O4S2. The highest BCUT2D eigenvalue weighted by atomic mass is 32.2. The first-order valence-corrected chi connectivity index (χ1v) is 8.98. The lowest BCUT2D eigenvalue weighted by Gasteiger charge is -2.25. The van der Waals surface area contributed by atoms with Crippen molar-refractivity contribution in [2.75, 3.05) is 31.6 Å². The summed E-state index contributed by atoms with van der Waals surface area (Å²) >= 11 is 1.25. The van der Waals surface area contributed by atoms with E-state index >= 15 is 0 Å². The summed E-state index contributed by atoms with van der Waals surface area (Å²) in [4.78, 5) is 15.5. The first-order chi connectivity index (χ1) is 10.5. The molecule has 1 N–H and O–H groups in total. The number of morpholine rings is 1. The minimum Gasteiger partial charge on any atom is -0.379 e. The van der Waals surface area contributed by atoms with Gasteiger partial charge in [-0.1, -0.05) is 11.3 Å². The van der Waals surface area contributed by atoms with Crippen molar-refractivity contribution in [1.82, 2.24) is 9.29 Å². The standard InChI is InChI=1S/C13H15N3O4S2/c1-9(17)14-13-15-11-3-2-10(8-12(11)21-13)22(18,19)16-4-6-20-7-5-16/h2-3,8H,4-7H2,1H3,(H,14,15,17). The van der Waals surface area contributed by atoms with Gasteiger partial charge in [-0.25, -0.2) is 13.4 Å². The number of carbonyl (C=O) groups excluding carboxylic acids is 1. The SMILES string of the molecule is CC(=O)Nc1nc2ccc(S(=O)(=O)N3CCOCC3)cc2s1. The number of rotatable bonds is 3. The molecule has 0 bridgehead atoms. The predicted molar refractivity (Wildman–Crippen MR) is 83.5 cm³/mol. The van der Waals surface area contributed by atoms with E-state index in [2.05, 4.69) is 10.3 Å². The number of nitrogens with one attached hydrogen (secondary N) is 1. The van der Waals surface area contributed by atoms with Crippen molar-refractivity contribution in [2.24, 2.45) is 0 Å². The number of hydrogen-bond donors (Lipinski definition) is 1. The number of fused-ring (bicyclic) bond motifs is 1. The van der Waals surface area contributed by atoms with Gasteiger partial charge in [0.1, 0.15) is 0 Å². The fourth-order valence-electron chi connectivity index (χ4n) is 2.21. The topological polar surface area (TPSA) is 88.6 Å². The van der Waals surface area contributed by atoms with E-state index in [-0.39, 0.29) is 10.8 Å². The normalized spacial score (nSPS) is 16.8. The van der Waals surface area contributed by atoms with Crippen LogP contribution in [0.2, 0.25) is 0 Å². The smallest absolute Gasteiger partial charge is 0.243 e. The van der Waals surface area contributed by atoms with Crippen LogP contribution in [-0.4, -0.2) is 49.9 Å². The minimum atomic E-state index is -3.52. The minimum absolute atomic E-state index is 0.208. The van der Waals surface area contributed by atoms with Crippen LogP contribution in [0.3, 0.4) is 0 Å². The Morgan fingerprint density at radius 1 is 1.36 bits per heavy atom. The van der Waals surface area contributed by atoms with Gasteiger partial charge in [-0.05, 0) is 18.2 Å². The Balaban J connectivity index is 1.95. The van der Waals surface area contributed by atoms with Gasteiger partial charge in [-0.2, -0.15) is 4.31 Å². The summed E-state index contributed by atoms with van der Waals surface area (Å²) in [5.74, 6) is -0.208. The maximum atomic E-state index is 12.6. The van der Waals surface area contributed by atoms with Crippen molar-refractivity contribution in [3.63, 3.8) is 0 Å². The molecule has 1 aliphatic rings. The summed E-state index contributed by atoms with van der Waals surface area (Å²) < 4.78 is 32.5. The summed E-state index contributed by atoms with van der Waals surface area (Å²) in [5, 5.41) is 3.07. The Morgan fingerprint density at radius 2 is 2.09 bits per heavy atom. The average molecular weight is 341 g/mol. The van der Waals surface area contributed by atoms with Crippen molar-refractivity contribution < 1.29 is 17.9 Å². The van der Waals surface area contributed by atoms with Crippen molar-refractivity contribution >= 4 is 42.6 Å². The molecule has 1 aliphatic heterocycles. The van der Waals surface area contributed by atoms with Gasteiger partial charge in [-0.3, -0.25) is 4.79 Å². The number of anilines is 1. The molecule has 0 saturated carbocycles. The van der Waals surface area contributed by atoms with Crippen LogP contribution in [0.4, 0.5) is 5.13 Å². The zero-order valence-electron chi connectivity index (χ0n) is 11.9. The molecule has 2 aromatic rings. The van der Waals surface area contributed by atoms with E-state index in [1.807, 2.05) is 0 Å². The van der Waals surface area contributed by atoms with E-state index in [1.165, 1.54) is 22.6 Å². The number of amides is 1. The molecule has 118 valence electrons. The third-order valence-corrected chi connectivity index (χ3v) is 6.08. The number of aromatic nitrogens is 1. The monoisotopic (exact) mass is 341 g/mol. The molecule has 1 aromatic heterocycles. The fraction of sp³-hybridized carbons (Fsp3) is 0.385. The Hall–Kier alpha value is -1.55. The average Bonchev–Trinajstić information content (AvgIpc) is 2.88. The maximum Gasteiger partial charge on any atom is 0.243 e. The molecule has 0 unspecified atom stereocenters. The first-order valence-electron chi connectivity index (χ1n) is 6.73. The number of carbonyl (C=O) groups is 1. The van der Waals surface area contributed by atoms with Gasteiger partial charge in [0.15, 0.2) is 5.13 Å². The summed E-state index contributed by atoms with van der Waals surface area (Å²) in [7, 11) is -3.52. The van der Waals surface area contributed by atoms with Crippen molar-refractivity contribution in [1.29, 1.82) is 0 Å². The quantitative estimate of drug-likeness (QED) is 0.908. The van der Waals surface area contributed by atoms with Crippen LogP contribution < -0.4 is 5.32 Å². The van der Waals surface area contributed by atoms with Crippen LogP contribution >= 0.6 is 11.3 Å². The highest BCUT2D eigenvalue weighted by Gasteiger charge is 2.26. The molecule has 0 radical (unpaired) electrons. The van der Waals surface area contributed by atoms with Crippen molar-refractivity contribution in [2.45, 2.75) is 11.8 Å². The molecule has 3 rings (SSSR count). The van der Waals surface area contributed by atoms with Crippen LogP contribution in [0.15, 0.2) is 23.1 Å². The van der Waals surface area contributed by atoms with Crippen molar-refractivity contribution in [3.05, 3.63) is 18.2 Å². The van der Waals surface area contributed by atoms with Crippen molar-refractivity contribution in [3.8, 4) is 0 Å². The van der Waals surface area contributed by atoms with E-state index < -0.39 is 10.0 Å². The lowest BCUT2D eigenvalue weighted by Crippen LogP contribution is -2.40. The number of nitrogens with zero attached hydrogens (tertiary/aromatic N) is 2. The second-order valence-electron chi connectivity index (χ2n) is 4.85. The Bertz CT molecular complexity index is 810. The summed E-state index contributed by atoms with van der Waals surface area (Å²) in [6.45, 7) is 2.95. The number of benzene rings is 1. The maximum absolute atomic E-state index is 12.6. The largest absolute Gasteiger partial charge is 0.379 e. The third kappa shape index (κ3) is 2.98. The third-order valence-electron chi connectivity index (χ3n) is 3.25. The predicted octanol–water partition coefficient (Wildman–Crippen LogP) is 1.28. The van der Waals surface area contributed by atoms with Crippen LogP contribution in [0.25, 0.3) is 10.2 Å². The van der Waals surface area contributed by atoms with Crippen LogP contribution in [0, 0.1) is 0 Å². The highest BCUT2D eigenvalue weighted by Crippen LogP contribution is 2.29. The molecule has 0 atom stereocenters. The van der Waals surface area contributed by atoms with Gasteiger partial charge in [0, 0.05) is 20.0 Å². The number of ether oxygens (including phenoxy) is 1. The van der Waals surface area contributed by atoms with Gasteiger partial charge >= 0.3 is 0 Å². The van der Waals surface area contributed by atoms with E-state index in [0.29, 0.717) is 37.0 Å². The molecule has 2 heterocycles. The fourth-order valence-corrected chi connectivity index (χ4v) is 4.67. The molecule has 1 fully saturated rings. The zero-order valence-corrected chi connectivity index (χ0v) is 13.5. The Labute approximate surface area is 132 Å². The number of thiazole rings is 1. The van der Waals surface area contributed by atoms with Crippen LogP contribution in [0.5, 0.6) is 0 Å². The zero-order chi connectivity index (χ0) is 15.7. The molecular weight excluding hydrogens is 326 g/mol. The van der Waals surface area contributed by atoms with E-state index in [0.717, 1.165) is 4.70 Å².